The second kappa shape index (κ2) is 16.8. The summed E-state index contributed by atoms with van der Waals surface area (Å²) >= 11 is 0. The maximum atomic E-state index is 9.00. The summed E-state index contributed by atoms with van der Waals surface area (Å²) in [5, 5.41) is 22.2. The molecule has 0 bridgehead atoms. The van der Waals surface area contributed by atoms with E-state index in [1.165, 1.54) is 12.8 Å². The minimum absolute atomic E-state index is 0.833. The summed E-state index contributed by atoms with van der Waals surface area (Å²) in [6, 6.07) is 0. The minimum atomic E-state index is -0.833. The molecule has 0 aliphatic carbocycles. The van der Waals surface area contributed by atoms with Crippen molar-refractivity contribution in [3.63, 3.8) is 0 Å². The third-order valence-corrected chi connectivity index (χ3v) is 0.827. The van der Waals surface area contributed by atoms with E-state index in [1.807, 2.05) is 0 Å². The molecule has 1 heterocycles. The summed E-state index contributed by atoms with van der Waals surface area (Å²) in [6.45, 7) is 5.25. The van der Waals surface area contributed by atoms with Crippen LogP contribution in [0.2, 0.25) is 0 Å². The molecule has 7 heteroatoms. The Morgan fingerprint density at radius 3 is 1.00 bits per heavy atom. The van der Waals surface area contributed by atoms with Crippen LogP contribution in [0.15, 0.2) is 0 Å². The van der Waals surface area contributed by atoms with E-state index in [-0.39, 0.29) is 0 Å². The van der Waals surface area contributed by atoms with E-state index in [9.17, 15) is 0 Å². The molecule has 0 spiro atoms. The Morgan fingerprint density at radius 1 is 0.765 bits per heavy atom. The Kier molecular flexibility index (Phi) is 20.5. The number of ether oxygens (including phenoxy) is 1. The van der Waals surface area contributed by atoms with Gasteiger partial charge in [0.2, 0.25) is 0 Å². The second-order valence-electron chi connectivity index (χ2n) is 2.88. The summed E-state index contributed by atoms with van der Waals surface area (Å²) in [6.07, 6.45) is 2.56. The fourth-order valence-electron chi connectivity index (χ4n) is 0.510. The molecule has 17 heavy (non-hydrogen) atoms. The van der Waals surface area contributed by atoms with Gasteiger partial charge in [0, 0.05) is 34.0 Å². The Balaban J connectivity index is -0.000000155. The van der Waals surface area contributed by atoms with Crippen LogP contribution in [-0.4, -0.2) is 46.4 Å². The first kappa shape index (κ1) is 20.7. The SMILES string of the molecule is C1CCOC1.CC(=O)O.CC(=O)O.CC(=O)O. The van der Waals surface area contributed by atoms with E-state index in [0.29, 0.717) is 0 Å². The van der Waals surface area contributed by atoms with Crippen LogP contribution < -0.4 is 0 Å². The average Bonchev–Trinajstić information content (AvgIpc) is 2.53. The monoisotopic (exact) mass is 252 g/mol. The fraction of sp³-hybridized carbons (Fsp3) is 0.700. The topological polar surface area (TPSA) is 121 Å². The van der Waals surface area contributed by atoms with E-state index >= 15 is 0 Å². The maximum absolute atomic E-state index is 9.00. The van der Waals surface area contributed by atoms with Crippen molar-refractivity contribution in [1.82, 2.24) is 0 Å². The fourth-order valence-corrected chi connectivity index (χ4v) is 0.510. The smallest absolute Gasteiger partial charge is 0.300 e. The first-order chi connectivity index (χ1) is 7.70. The van der Waals surface area contributed by atoms with Gasteiger partial charge in [-0.15, -0.1) is 0 Å². The van der Waals surface area contributed by atoms with Crippen molar-refractivity contribution in [1.29, 1.82) is 0 Å². The van der Waals surface area contributed by atoms with E-state index in [4.69, 9.17) is 34.4 Å². The van der Waals surface area contributed by atoms with Gasteiger partial charge in [-0.1, -0.05) is 0 Å². The predicted octanol–water partition coefficient (Wildman–Crippen LogP) is 1.07. The molecule has 0 aromatic carbocycles. The van der Waals surface area contributed by atoms with Crippen LogP contribution in [0.1, 0.15) is 33.6 Å². The first-order valence-corrected chi connectivity index (χ1v) is 4.86. The summed E-state index contributed by atoms with van der Waals surface area (Å²) in [7, 11) is 0. The molecule has 7 nitrogen and oxygen atoms in total. The van der Waals surface area contributed by atoms with Crippen molar-refractivity contribution in [3.8, 4) is 0 Å². The predicted molar refractivity (Wildman–Crippen MR) is 60.0 cm³/mol. The van der Waals surface area contributed by atoms with Gasteiger partial charge < -0.3 is 20.1 Å². The number of rotatable bonds is 0. The van der Waals surface area contributed by atoms with Crippen LogP contribution in [0.4, 0.5) is 0 Å². The van der Waals surface area contributed by atoms with Gasteiger partial charge >= 0.3 is 0 Å². The lowest BCUT2D eigenvalue weighted by Gasteiger charge is -1.76. The quantitative estimate of drug-likeness (QED) is 0.589. The standard InChI is InChI=1S/C4H8O.3C2H4O2/c1-2-4-5-3-1;3*1-2(3)4/h1-4H2;3*1H3,(H,3,4). The molecule has 0 atom stereocenters. The van der Waals surface area contributed by atoms with Crippen molar-refractivity contribution in [2.45, 2.75) is 33.6 Å². The number of aliphatic carboxylic acids is 3. The molecule has 0 unspecified atom stereocenters. The molecule has 3 N–H and O–H groups in total. The molecule has 1 fully saturated rings. The van der Waals surface area contributed by atoms with Crippen molar-refractivity contribution in [3.05, 3.63) is 0 Å². The molecule has 0 aromatic heterocycles. The number of hydrogen-bond acceptors (Lipinski definition) is 4. The summed E-state index contributed by atoms with van der Waals surface area (Å²) in [5.41, 5.74) is 0. The second-order valence-corrected chi connectivity index (χ2v) is 2.88. The molecule has 0 amide bonds. The van der Waals surface area contributed by atoms with Crippen molar-refractivity contribution in [2.75, 3.05) is 13.2 Å². The van der Waals surface area contributed by atoms with Crippen LogP contribution in [0, 0.1) is 0 Å². The van der Waals surface area contributed by atoms with Crippen LogP contribution in [0.3, 0.4) is 0 Å². The molecule has 0 aromatic rings. The largest absolute Gasteiger partial charge is 0.481 e. The molecule has 1 rings (SSSR count). The van der Waals surface area contributed by atoms with Crippen LogP contribution in [-0.2, 0) is 19.1 Å². The molecular weight excluding hydrogens is 232 g/mol. The lowest BCUT2D eigenvalue weighted by molar-refractivity contribution is -0.135. The summed E-state index contributed by atoms with van der Waals surface area (Å²) in [5.74, 6) is -2.50. The number of carboxylic acid groups (broad SMARTS) is 3. The minimum Gasteiger partial charge on any atom is -0.481 e. The van der Waals surface area contributed by atoms with Crippen LogP contribution in [0.25, 0.3) is 0 Å². The van der Waals surface area contributed by atoms with Gasteiger partial charge in [0.1, 0.15) is 0 Å². The van der Waals surface area contributed by atoms with Gasteiger partial charge in [0.15, 0.2) is 0 Å². The third-order valence-electron chi connectivity index (χ3n) is 0.827. The highest BCUT2D eigenvalue weighted by atomic mass is 16.5. The van der Waals surface area contributed by atoms with Gasteiger partial charge in [0.25, 0.3) is 17.9 Å². The maximum Gasteiger partial charge on any atom is 0.300 e. The Bertz CT molecular complexity index is 161. The van der Waals surface area contributed by atoms with E-state index in [0.717, 1.165) is 34.0 Å². The zero-order valence-electron chi connectivity index (χ0n) is 10.3. The molecule has 1 aliphatic rings. The van der Waals surface area contributed by atoms with Gasteiger partial charge in [0.05, 0.1) is 0 Å². The van der Waals surface area contributed by atoms with Gasteiger partial charge in [-0.3, -0.25) is 14.4 Å². The average molecular weight is 252 g/mol. The highest BCUT2D eigenvalue weighted by molar-refractivity contribution is 5.63. The Morgan fingerprint density at radius 2 is 0.941 bits per heavy atom. The Hall–Kier alpha value is -1.63. The molecule has 1 aliphatic heterocycles. The van der Waals surface area contributed by atoms with Gasteiger partial charge in [-0.2, -0.15) is 0 Å². The molecule has 1 saturated heterocycles. The van der Waals surface area contributed by atoms with E-state index < -0.39 is 17.9 Å². The zero-order valence-corrected chi connectivity index (χ0v) is 10.3. The molecule has 102 valence electrons. The molecule has 0 saturated carbocycles. The van der Waals surface area contributed by atoms with Gasteiger partial charge in [-0.05, 0) is 12.8 Å². The summed E-state index contributed by atoms with van der Waals surface area (Å²) in [4.78, 5) is 27.0. The van der Waals surface area contributed by atoms with Crippen molar-refractivity contribution in [2.24, 2.45) is 0 Å². The first-order valence-electron chi connectivity index (χ1n) is 4.86. The highest BCUT2D eigenvalue weighted by Crippen LogP contribution is 1.98. The van der Waals surface area contributed by atoms with Crippen molar-refractivity contribution < 1.29 is 34.4 Å². The lowest BCUT2D eigenvalue weighted by atomic mass is 10.4. The Labute approximate surface area is 100 Å². The third kappa shape index (κ3) is 194. The van der Waals surface area contributed by atoms with Gasteiger partial charge in [-0.25, -0.2) is 0 Å². The number of carbonyl (C=O) groups is 3. The van der Waals surface area contributed by atoms with Crippen LogP contribution in [0.5, 0.6) is 0 Å². The molecule has 0 radical (unpaired) electrons. The van der Waals surface area contributed by atoms with Crippen LogP contribution >= 0.6 is 0 Å². The van der Waals surface area contributed by atoms with E-state index in [1.54, 1.807) is 0 Å². The summed E-state index contributed by atoms with van der Waals surface area (Å²) < 4.78 is 4.94. The normalized spacial score (nSPS) is 11.5. The zero-order chi connectivity index (χ0) is 14.3. The van der Waals surface area contributed by atoms with E-state index in [2.05, 4.69) is 0 Å². The lowest BCUT2D eigenvalue weighted by Crippen LogP contribution is -1.78. The number of hydrogen-bond donors (Lipinski definition) is 3. The van der Waals surface area contributed by atoms with Crippen molar-refractivity contribution >= 4 is 17.9 Å². The highest BCUT2D eigenvalue weighted by Gasteiger charge is 1.94. The molecular formula is C10H20O7. The number of carboxylic acids is 3.